The molecule has 0 aliphatic carbocycles. The van der Waals surface area contributed by atoms with Crippen LogP contribution >= 0.6 is 0 Å². The summed E-state index contributed by atoms with van der Waals surface area (Å²) in [4.78, 5) is 39.5. The van der Waals surface area contributed by atoms with Crippen LogP contribution in [0.4, 0.5) is 0 Å². The number of carboxylic acids is 4. The maximum Gasteiger partial charge on any atom is 0.321 e. The number of nitrogens with two attached hydrogens (primary N) is 2. The highest BCUT2D eigenvalue weighted by molar-refractivity contribution is 5.80. The molecule has 0 saturated carbocycles. The minimum atomic E-state index is -1.29. The van der Waals surface area contributed by atoms with E-state index in [1.54, 1.807) is 0 Å². The summed E-state index contributed by atoms with van der Waals surface area (Å²) in [6.07, 6.45) is -0.756. The van der Waals surface area contributed by atoms with Crippen LogP contribution in [0.15, 0.2) is 0 Å². The van der Waals surface area contributed by atoms with Crippen molar-refractivity contribution < 1.29 is 39.6 Å². The molecule has 0 saturated heterocycles. The predicted octanol–water partition coefficient (Wildman–Crippen LogP) is -1.86. The predicted molar refractivity (Wildman–Crippen MR) is 60.3 cm³/mol. The lowest BCUT2D eigenvalue weighted by Gasteiger charge is -2.01. The van der Waals surface area contributed by atoms with Crippen molar-refractivity contribution in [1.82, 2.24) is 0 Å². The molecule has 0 rings (SSSR count). The molecule has 0 amide bonds. The van der Waals surface area contributed by atoms with Gasteiger partial charge in [-0.15, -0.1) is 0 Å². The van der Waals surface area contributed by atoms with Crippen molar-refractivity contribution in [1.29, 1.82) is 0 Å². The van der Waals surface area contributed by atoms with E-state index in [0.717, 1.165) is 0 Å². The molecule has 0 aliphatic rings. The molecule has 0 aromatic rings. The smallest absolute Gasteiger partial charge is 0.321 e. The van der Waals surface area contributed by atoms with Crippen LogP contribution in [0.3, 0.4) is 0 Å². The Balaban J connectivity index is 0. The number of carboxylic acid groups (broad SMARTS) is 4. The van der Waals surface area contributed by atoms with Crippen LogP contribution in [0.2, 0.25) is 0 Å². The van der Waals surface area contributed by atoms with E-state index in [9.17, 15) is 19.2 Å². The van der Waals surface area contributed by atoms with Crippen molar-refractivity contribution in [3.05, 3.63) is 0 Å². The first-order valence-electron chi connectivity index (χ1n) is 4.98. The van der Waals surface area contributed by atoms with Crippen molar-refractivity contribution in [2.45, 2.75) is 31.3 Å². The minimum Gasteiger partial charge on any atom is -0.481 e. The van der Waals surface area contributed by atoms with Crippen LogP contribution in [0.1, 0.15) is 19.3 Å². The van der Waals surface area contributed by atoms with Gasteiger partial charge in [-0.1, -0.05) is 0 Å². The minimum absolute atomic E-state index is 0.0231. The third-order valence-corrected chi connectivity index (χ3v) is 1.70. The number of rotatable bonds is 7. The van der Waals surface area contributed by atoms with Crippen LogP contribution in [-0.4, -0.2) is 56.4 Å². The summed E-state index contributed by atoms with van der Waals surface area (Å²) in [6, 6.07) is -2.35. The fraction of sp³-hybridized carbons (Fsp3) is 0.556. The molecule has 0 aromatic heterocycles. The maximum atomic E-state index is 9.99. The van der Waals surface area contributed by atoms with Gasteiger partial charge in [-0.2, -0.15) is 0 Å². The first kappa shape index (κ1) is 19.1. The molecular formula is C9H16N2O8. The molecule has 2 atom stereocenters. The third kappa shape index (κ3) is 13.7. The topological polar surface area (TPSA) is 201 Å². The first-order chi connectivity index (χ1) is 8.57. The molecule has 10 nitrogen and oxygen atoms in total. The number of aliphatic carboxylic acids is 4. The molecule has 0 heterocycles. The monoisotopic (exact) mass is 280 g/mol. The maximum absolute atomic E-state index is 9.99. The Morgan fingerprint density at radius 1 is 0.789 bits per heavy atom. The van der Waals surface area contributed by atoms with Crippen LogP contribution in [0.25, 0.3) is 0 Å². The van der Waals surface area contributed by atoms with Gasteiger partial charge >= 0.3 is 23.9 Å². The van der Waals surface area contributed by atoms with Gasteiger partial charge in [0.15, 0.2) is 0 Å². The van der Waals surface area contributed by atoms with Gasteiger partial charge in [0.1, 0.15) is 12.1 Å². The fourth-order valence-electron chi connectivity index (χ4n) is 0.678. The number of hydrogen-bond acceptors (Lipinski definition) is 6. The normalized spacial score (nSPS) is 12.5. The third-order valence-electron chi connectivity index (χ3n) is 1.70. The van der Waals surface area contributed by atoms with Gasteiger partial charge in [0.2, 0.25) is 0 Å². The van der Waals surface area contributed by atoms with Crippen molar-refractivity contribution in [2.24, 2.45) is 11.5 Å². The summed E-state index contributed by atoms with van der Waals surface area (Å²) in [5, 5.41) is 32.3. The Kier molecular flexibility index (Phi) is 9.87. The van der Waals surface area contributed by atoms with E-state index in [1.807, 2.05) is 0 Å². The Hall–Kier alpha value is -2.20. The molecule has 0 radical (unpaired) electrons. The van der Waals surface area contributed by atoms with E-state index in [0.29, 0.717) is 0 Å². The average Bonchev–Trinajstić information content (AvgIpc) is 2.25. The Morgan fingerprint density at radius 3 is 1.42 bits per heavy atom. The lowest BCUT2D eigenvalue weighted by Crippen LogP contribution is -2.32. The molecule has 0 aliphatic heterocycles. The fourth-order valence-corrected chi connectivity index (χ4v) is 0.678. The van der Waals surface area contributed by atoms with E-state index in [2.05, 4.69) is 0 Å². The molecule has 0 fully saturated rings. The second-order valence-electron chi connectivity index (χ2n) is 3.42. The van der Waals surface area contributed by atoms with Crippen molar-refractivity contribution in [3.63, 3.8) is 0 Å². The second-order valence-corrected chi connectivity index (χ2v) is 3.42. The van der Waals surface area contributed by atoms with E-state index in [-0.39, 0.29) is 12.8 Å². The zero-order valence-electron chi connectivity index (χ0n) is 9.85. The van der Waals surface area contributed by atoms with E-state index >= 15 is 0 Å². The first-order valence-corrected chi connectivity index (χ1v) is 4.98. The zero-order valence-corrected chi connectivity index (χ0v) is 9.85. The summed E-state index contributed by atoms with van der Waals surface area (Å²) >= 11 is 0. The zero-order chi connectivity index (χ0) is 15.6. The average molecular weight is 280 g/mol. The van der Waals surface area contributed by atoms with Crippen molar-refractivity contribution in [2.75, 3.05) is 0 Å². The Bertz CT molecular complexity index is 343. The standard InChI is InChI=1S/C5H9NO4.C4H7NO4/c6-3(5(9)10)1-2-4(7)8;5-2(4(8)9)1-3(6)7/h3H,1-2,6H2,(H,7,8)(H,9,10);2H,1,5H2,(H,6,7)(H,8,9)/t3-;/m0./s1. The van der Waals surface area contributed by atoms with E-state index in [4.69, 9.17) is 31.9 Å². The largest absolute Gasteiger partial charge is 0.481 e. The van der Waals surface area contributed by atoms with Gasteiger partial charge < -0.3 is 31.9 Å². The quantitative estimate of drug-likeness (QED) is 0.307. The van der Waals surface area contributed by atoms with Gasteiger partial charge in [-0.05, 0) is 6.42 Å². The van der Waals surface area contributed by atoms with Gasteiger partial charge in [-0.25, -0.2) is 0 Å². The molecule has 0 aromatic carbocycles. The van der Waals surface area contributed by atoms with Gasteiger partial charge in [-0.3, -0.25) is 19.2 Å². The molecule has 8 N–H and O–H groups in total. The highest BCUT2D eigenvalue weighted by Crippen LogP contribution is 1.93. The number of hydrogen-bond donors (Lipinski definition) is 6. The SMILES string of the molecule is NC(CC(=O)O)C(=O)O.N[C@@H](CCC(=O)O)C(=O)O. The summed E-state index contributed by atoms with van der Waals surface area (Å²) in [5.74, 6) is -4.69. The van der Waals surface area contributed by atoms with E-state index in [1.165, 1.54) is 0 Å². The number of carbonyl (C=O) groups is 4. The lowest BCUT2D eigenvalue weighted by molar-refractivity contribution is -0.144. The lowest BCUT2D eigenvalue weighted by atomic mass is 10.2. The molecule has 19 heavy (non-hydrogen) atoms. The summed E-state index contributed by atoms with van der Waals surface area (Å²) in [7, 11) is 0. The van der Waals surface area contributed by atoms with Crippen molar-refractivity contribution >= 4 is 23.9 Å². The van der Waals surface area contributed by atoms with E-state index < -0.39 is 42.4 Å². The highest BCUT2D eigenvalue weighted by Gasteiger charge is 2.14. The van der Waals surface area contributed by atoms with Crippen LogP contribution in [-0.2, 0) is 19.2 Å². The Morgan fingerprint density at radius 2 is 1.21 bits per heavy atom. The Labute approximate surface area is 107 Å². The van der Waals surface area contributed by atoms with Gasteiger partial charge in [0, 0.05) is 6.42 Å². The molecule has 110 valence electrons. The highest BCUT2D eigenvalue weighted by atomic mass is 16.4. The summed E-state index contributed by atoms with van der Waals surface area (Å²) in [6.45, 7) is 0. The van der Waals surface area contributed by atoms with Crippen LogP contribution in [0, 0.1) is 0 Å². The van der Waals surface area contributed by atoms with Crippen molar-refractivity contribution in [3.8, 4) is 0 Å². The second kappa shape index (κ2) is 9.79. The molecule has 0 bridgehead atoms. The summed E-state index contributed by atoms with van der Waals surface area (Å²) < 4.78 is 0. The van der Waals surface area contributed by atoms with Gasteiger partial charge in [0.25, 0.3) is 0 Å². The molecule has 1 unspecified atom stereocenters. The summed E-state index contributed by atoms with van der Waals surface area (Å²) in [5.41, 5.74) is 9.84. The van der Waals surface area contributed by atoms with Gasteiger partial charge in [0.05, 0.1) is 6.42 Å². The van der Waals surface area contributed by atoms with Crippen LogP contribution in [0.5, 0.6) is 0 Å². The molecular weight excluding hydrogens is 264 g/mol. The molecule has 0 spiro atoms. The molecule has 10 heteroatoms. The van der Waals surface area contributed by atoms with Crippen LogP contribution < -0.4 is 11.5 Å².